The standard InChI is InChI=1S/C9H19NO2S/c1-9(2,3)8(11)10-6-7-13(4,5)12/h4,6-7H2,1-3,5H3,(H,10,11). The molecule has 0 aliphatic carbocycles. The summed E-state index contributed by atoms with van der Waals surface area (Å²) in [6, 6.07) is 0. The fourth-order valence-electron chi connectivity index (χ4n) is 0.646. The van der Waals surface area contributed by atoms with E-state index in [2.05, 4.69) is 11.2 Å². The molecule has 1 N–H and O–H groups in total. The summed E-state index contributed by atoms with van der Waals surface area (Å²) in [5.41, 5.74) is -0.379. The molecule has 0 aromatic carbocycles. The molecule has 0 saturated carbocycles. The van der Waals surface area contributed by atoms with Gasteiger partial charge in [0.25, 0.3) is 0 Å². The fraction of sp³-hybridized carbons (Fsp3) is 0.778. The normalized spacial score (nSPS) is 16.3. The quantitative estimate of drug-likeness (QED) is 0.682. The van der Waals surface area contributed by atoms with Crippen LogP contribution in [-0.2, 0) is 14.3 Å². The fourth-order valence-corrected chi connectivity index (χ4v) is 1.18. The SMILES string of the molecule is C=S(C)(=O)CCNC(=O)C(C)(C)C. The van der Waals surface area contributed by atoms with E-state index in [4.69, 9.17) is 0 Å². The second-order valence-corrected chi connectivity index (χ2v) is 7.17. The summed E-state index contributed by atoms with van der Waals surface area (Å²) in [7, 11) is -1.98. The zero-order valence-electron chi connectivity index (χ0n) is 8.85. The minimum Gasteiger partial charge on any atom is -0.355 e. The molecule has 0 aromatic heterocycles. The summed E-state index contributed by atoms with van der Waals surface area (Å²) in [5.74, 6) is 3.93. The first-order chi connectivity index (χ1) is 5.63. The van der Waals surface area contributed by atoms with Gasteiger partial charge in [-0.1, -0.05) is 20.8 Å². The Morgan fingerprint density at radius 1 is 1.46 bits per heavy atom. The van der Waals surface area contributed by atoms with Crippen LogP contribution in [0, 0.1) is 5.41 Å². The minimum atomic E-state index is -1.98. The molecule has 1 atom stereocenters. The van der Waals surface area contributed by atoms with Crippen LogP contribution in [0.25, 0.3) is 0 Å². The van der Waals surface area contributed by atoms with E-state index in [1.807, 2.05) is 20.8 Å². The molecule has 0 aliphatic rings. The van der Waals surface area contributed by atoms with Gasteiger partial charge >= 0.3 is 0 Å². The Bertz CT molecular complexity index is 272. The summed E-state index contributed by atoms with van der Waals surface area (Å²) in [6.07, 6.45) is 1.59. The molecule has 1 amide bonds. The number of carbonyl (C=O) groups excluding carboxylic acids is 1. The van der Waals surface area contributed by atoms with Crippen LogP contribution >= 0.6 is 0 Å². The Morgan fingerprint density at radius 2 is 1.92 bits per heavy atom. The second kappa shape index (κ2) is 4.13. The first-order valence-corrected chi connectivity index (χ1v) is 6.51. The van der Waals surface area contributed by atoms with Crippen molar-refractivity contribution < 1.29 is 9.00 Å². The smallest absolute Gasteiger partial charge is 0.225 e. The average Bonchev–Trinajstić information content (AvgIpc) is 1.82. The van der Waals surface area contributed by atoms with E-state index in [1.54, 1.807) is 6.26 Å². The van der Waals surface area contributed by atoms with Gasteiger partial charge in [0.2, 0.25) is 5.91 Å². The van der Waals surface area contributed by atoms with E-state index in [9.17, 15) is 9.00 Å². The maximum Gasteiger partial charge on any atom is 0.225 e. The zero-order valence-corrected chi connectivity index (χ0v) is 9.66. The van der Waals surface area contributed by atoms with E-state index < -0.39 is 9.52 Å². The Labute approximate surface area is 80.9 Å². The van der Waals surface area contributed by atoms with Crippen LogP contribution in [0.15, 0.2) is 0 Å². The van der Waals surface area contributed by atoms with Crippen LogP contribution < -0.4 is 5.32 Å². The third kappa shape index (κ3) is 6.63. The minimum absolute atomic E-state index is 0.0175. The topological polar surface area (TPSA) is 46.2 Å². The number of carbonyl (C=O) groups is 1. The monoisotopic (exact) mass is 205 g/mol. The van der Waals surface area contributed by atoms with Gasteiger partial charge in [-0.05, 0) is 15.4 Å². The molecule has 0 radical (unpaired) electrons. The lowest BCUT2D eigenvalue weighted by Crippen LogP contribution is -2.37. The molecular weight excluding hydrogens is 186 g/mol. The molecule has 78 valence electrons. The molecule has 4 heteroatoms. The van der Waals surface area contributed by atoms with Crippen molar-refractivity contribution in [2.45, 2.75) is 20.8 Å². The van der Waals surface area contributed by atoms with Crippen LogP contribution in [-0.4, -0.2) is 34.5 Å². The van der Waals surface area contributed by atoms with E-state index >= 15 is 0 Å². The van der Waals surface area contributed by atoms with Gasteiger partial charge < -0.3 is 5.32 Å². The van der Waals surface area contributed by atoms with Crippen molar-refractivity contribution in [3.8, 4) is 0 Å². The van der Waals surface area contributed by atoms with Crippen LogP contribution in [0.2, 0.25) is 0 Å². The van der Waals surface area contributed by atoms with Crippen molar-refractivity contribution in [1.29, 1.82) is 0 Å². The van der Waals surface area contributed by atoms with Crippen LogP contribution in [0.1, 0.15) is 20.8 Å². The maximum atomic E-state index is 11.3. The van der Waals surface area contributed by atoms with Gasteiger partial charge in [0.15, 0.2) is 0 Å². The third-order valence-electron chi connectivity index (χ3n) is 1.50. The molecule has 0 heterocycles. The van der Waals surface area contributed by atoms with Crippen molar-refractivity contribution in [2.24, 2.45) is 5.41 Å². The molecular formula is C9H19NO2S. The summed E-state index contributed by atoms with van der Waals surface area (Å²) < 4.78 is 11.2. The Balaban J connectivity index is 3.87. The molecule has 0 bridgehead atoms. The van der Waals surface area contributed by atoms with Gasteiger partial charge in [-0.15, -0.1) is 0 Å². The lowest BCUT2D eigenvalue weighted by molar-refractivity contribution is -0.128. The first-order valence-electron chi connectivity index (χ1n) is 4.21. The number of hydrogen-bond acceptors (Lipinski definition) is 2. The molecule has 0 aliphatic heterocycles. The summed E-state index contributed by atoms with van der Waals surface area (Å²) in [5, 5.41) is 2.72. The molecule has 1 unspecified atom stereocenters. The number of rotatable bonds is 3. The van der Waals surface area contributed by atoms with Crippen molar-refractivity contribution in [3.05, 3.63) is 0 Å². The predicted molar refractivity (Wildman–Crippen MR) is 58.5 cm³/mol. The lowest BCUT2D eigenvalue weighted by atomic mass is 9.96. The first kappa shape index (κ1) is 12.5. The largest absolute Gasteiger partial charge is 0.355 e. The lowest BCUT2D eigenvalue weighted by Gasteiger charge is -2.17. The Kier molecular flexibility index (Phi) is 3.97. The molecule has 0 rings (SSSR count). The summed E-state index contributed by atoms with van der Waals surface area (Å²) >= 11 is 0. The highest BCUT2D eigenvalue weighted by Crippen LogP contribution is 2.11. The van der Waals surface area contributed by atoms with Crippen molar-refractivity contribution in [1.82, 2.24) is 5.32 Å². The van der Waals surface area contributed by atoms with Gasteiger partial charge in [-0.2, -0.15) is 0 Å². The molecule has 13 heavy (non-hydrogen) atoms. The highest BCUT2D eigenvalue weighted by Gasteiger charge is 2.20. The number of amides is 1. The molecule has 3 nitrogen and oxygen atoms in total. The molecule has 0 spiro atoms. The Morgan fingerprint density at radius 3 is 2.23 bits per heavy atom. The van der Waals surface area contributed by atoms with Crippen LogP contribution in [0.4, 0.5) is 0 Å². The third-order valence-corrected chi connectivity index (χ3v) is 2.57. The van der Waals surface area contributed by atoms with Crippen LogP contribution in [0.3, 0.4) is 0 Å². The molecule has 0 aromatic rings. The highest BCUT2D eigenvalue weighted by molar-refractivity contribution is 7.99. The Hall–Kier alpha value is -0.510. The van der Waals surface area contributed by atoms with E-state index in [0.717, 1.165) is 0 Å². The van der Waals surface area contributed by atoms with Gasteiger partial charge in [-0.25, -0.2) is 0 Å². The number of hydrogen-bond donors (Lipinski definition) is 1. The van der Waals surface area contributed by atoms with Gasteiger partial charge in [0.1, 0.15) is 0 Å². The molecule has 0 saturated heterocycles. The maximum absolute atomic E-state index is 11.3. The average molecular weight is 205 g/mol. The molecule has 0 fully saturated rings. The van der Waals surface area contributed by atoms with Gasteiger partial charge in [-0.3, -0.25) is 9.00 Å². The number of nitrogens with one attached hydrogen (secondary N) is 1. The van der Waals surface area contributed by atoms with Crippen LogP contribution in [0.5, 0.6) is 0 Å². The zero-order chi connectivity index (χ0) is 10.7. The highest BCUT2D eigenvalue weighted by atomic mass is 32.2. The summed E-state index contributed by atoms with van der Waals surface area (Å²) in [6.45, 7) is 5.97. The van der Waals surface area contributed by atoms with Crippen molar-refractivity contribution in [2.75, 3.05) is 18.6 Å². The van der Waals surface area contributed by atoms with Gasteiger partial charge in [0, 0.05) is 24.0 Å². The summed E-state index contributed by atoms with van der Waals surface area (Å²) in [4.78, 5) is 11.3. The second-order valence-electron chi connectivity index (χ2n) is 4.39. The van der Waals surface area contributed by atoms with E-state index in [1.165, 1.54) is 0 Å². The van der Waals surface area contributed by atoms with Crippen molar-refractivity contribution in [3.63, 3.8) is 0 Å². The van der Waals surface area contributed by atoms with Gasteiger partial charge in [0.05, 0.1) is 0 Å². The van der Waals surface area contributed by atoms with E-state index in [0.29, 0.717) is 12.3 Å². The predicted octanol–water partition coefficient (Wildman–Crippen LogP) is 0.495. The van der Waals surface area contributed by atoms with Crippen molar-refractivity contribution >= 4 is 21.3 Å². The van der Waals surface area contributed by atoms with E-state index in [-0.39, 0.29) is 11.3 Å².